The van der Waals surface area contributed by atoms with E-state index in [1.54, 1.807) is 0 Å². The van der Waals surface area contributed by atoms with E-state index in [-0.39, 0.29) is 17.1 Å². The van der Waals surface area contributed by atoms with Gasteiger partial charge in [-0.05, 0) is 0 Å². The maximum absolute atomic E-state index is 10.7. The SMILES string of the molecule is F[P-](F)(F)(F)(F)F.[CH]1C=CC=C1.[Fe]. The van der Waals surface area contributed by atoms with Crippen molar-refractivity contribution in [2.75, 3.05) is 0 Å². The van der Waals surface area contributed by atoms with Crippen molar-refractivity contribution < 1.29 is 42.3 Å². The minimum Gasteiger partial charge on any atom is -0.0767 e. The van der Waals surface area contributed by atoms with Crippen LogP contribution < -0.4 is 0 Å². The van der Waals surface area contributed by atoms with Crippen molar-refractivity contribution in [1.82, 2.24) is 0 Å². The monoisotopic (exact) mass is 266 g/mol. The Labute approximate surface area is 81.4 Å². The Hall–Kier alpha value is 0.00948. The summed E-state index contributed by atoms with van der Waals surface area (Å²) in [5.74, 6) is 0. The molecule has 13 heavy (non-hydrogen) atoms. The normalized spacial score (nSPS) is 19.2. The van der Waals surface area contributed by atoms with Gasteiger partial charge in [0, 0.05) is 23.5 Å². The molecule has 0 saturated heterocycles. The first-order valence-corrected chi connectivity index (χ1v) is 4.71. The molecule has 1 aliphatic carbocycles. The Kier molecular flexibility index (Phi) is 4.33. The molecule has 0 amide bonds. The van der Waals surface area contributed by atoms with Gasteiger partial charge in [-0.3, -0.25) is 0 Å². The molecule has 0 unspecified atom stereocenters. The molecular weight excluding hydrogens is 261 g/mol. The zero-order valence-corrected chi connectivity index (χ0v) is 7.95. The van der Waals surface area contributed by atoms with E-state index in [1.807, 2.05) is 30.7 Å². The number of hydrogen-bond donors (Lipinski definition) is 0. The van der Waals surface area contributed by atoms with Crippen LogP contribution in [0, 0.1) is 6.42 Å². The molecule has 1 radical (unpaired) electrons. The summed E-state index contributed by atoms with van der Waals surface area (Å²) in [6.45, 7) is 0. The van der Waals surface area contributed by atoms with Crippen molar-refractivity contribution in [3.05, 3.63) is 30.7 Å². The van der Waals surface area contributed by atoms with Crippen molar-refractivity contribution in [1.29, 1.82) is 0 Å². The molecule has 0 saturated carbocycles. The van der Waals surface area contributed by atoms with Crippen LogP contribution in [0.1, 0.15) is 0 Å². The third kappa shape index (κ3) is 47.9. The van der Waals surface area contributed by atoms with Crippen LogP contribution in [-0.4, -0.2) is 0 Å². The van der Waals surface area contributed by atoms with Crippen molar-refractivity contribution in [3.63, 3.8) is 0 Å². The number of hydrogen-bond acceptors (Lipinski definition) is 0. The predicted octanol–water partition coefficient (Wildman–Crippen LogP) is 4.70. The van der Waals surface area contributed by atoms with Crippen LogP contribution in [0.15, 0.2) is 24.3 Å². The van der Waals surface area contributed by atoms with Crippen LogP contribution >= 0.6 is 7.81 Å². The first-order chi connectivity index (χ1) is 4.95. The fourth-order valence-corrected chi connectivity index (χ4v) is 0.321. The Balaban J connectivity index is 0. The van der Waals surface area contributed by atoms with E-state index in [0.717, 1.165) is 0 Å². The predicted molar refractivity (Wildman–Crippen MR) is 36.1 cm³/mol. The molecule has 0 N–H and O–H groups in total. The topological polar surface area (TPSA) is 0 Å². The van der Waals surface area contributed by atoms with Gasteiger partial charge in [0.2, 0.25) is 0 Å². The fourth-order valence-electron chi connectivity index (χ4n) is 0.321. The fraction of sp³-hybridized carbons (Fsp3) is 0. The van der Waals surface area contributed by atoms with Gasteiger partial charge in [-0.25, -0.2) is 0 Å². The summed E-state index contributed by atoms with van der Waals surface area (Å²) in [7, 11) is -10.7. The van der Waals surface area contributed by atoms with Gasteiger partial charge < -0.3 is 0 Å². The quantitative estimate of drug-likeness (QED) is 0.338. The van der Waals surface area contributed by atoms with Crippen LogP contribution in [0.4, 0.5) is 25.2 Å². The maximum atomic E-state index is 9.87. The summed E-state index contributed by atoms with van der Waals surface area (Å²) in [4.78, 5) is 0. The van der Waals surface area contributed by atoms with Gasteiger partial charge in [-0.2, -0.15) is 0 Å². The van der Waals surface area contributed by atoms with E-state index in [0.29, 0.717) is 0 Å². The van der Waals surface area contributed by atoms with Crippen LogP contribution in [0.2, 0.25) is 0 Å². The molecule has 8 heteroatoms. The summed E-state index contributed by atoms with van der Waals surface area (Å²) < 4.78 is 59.2. The first kappa shape index (κ1) is 15.5. The summed E-state index contributed by atoms with van der Waals surface area (Å²) in [5, 5.41) is 0. The zero-order valence-electron chi connectivity index (χ0n) is 5.96. The molecule has 81 valence electrons. The minimum atomic E-state index is -10.7. The van der Waals surface area contributed by atoms with E-state index in [1.165, 1.54) is 0 Å². The van der Waals surface area contributed by atoms with E-state index in [4.69, 9.17) is 0 Å². The summed E-state index contributed by atoms with van der Waals surface area (Å²) >= 11 is 0. The third-order valence-corrected chi connectivity index (χ3v) is 0.556. The van der Waals surface area contributed by atoms with Crippen LogP contribution in [0.5, 0.6) is 0 Å². The van der Waals surface area contributed by atoms with Crippen LogP contribution in [0.3, 0.4) is 0 Å². The van der Waals surface area contributed by atoms with Crippen LogP contribution in [-0.2, 0) is 17.1 Å². The molecule has 0 aromatic rings. The second-order valence-electron chi connectivity index (χ2n) is 1.92. The van der Waals surface area contributed by atoms with Gasteiger partial charge in [-0.1, -0.05) is 24.3 Å². The van der Waals surface area contributed by atoms with E-state index < -0.39 is 7.81 Å². The van der Waals surface area contributed by atoms with E-state index in [9.17, 15) is 25.2 Å². The standard InChI is InChI=1S/C5H5.F6P.Fe/c1-2-4-5-3-1;1-7(2,3,4,5)6;/h1-5H;;/q;-1;. The summed E-state index contributed by atoms with van der Waals surface area (Å²) in [5.41, 5.74) is 0. The molecule has 0 fully saturated rings. The summed E-state index contributed by atoms with van der Waals surface area (Å²) in [6, 6.07) is 0. The van der Waals surface area contributed by atoms with Gasteiger partial charge in [0.1, 0.15) is 0 Å². The number of rotatable bonds is 0. The van der Waals surface area contributed by atoms with Gasteiger partial charge >= 0.3 is 33.0 Å². The molecular formula is C5H5F6FeP-. The first-order valence-electron chi connectivity index (χ1n) is 2.68. The molecule has 1 rings (SSSR count). The number of halogens is 6. The molecule has 0 aliphatic heterocycles. The zero-order chi connectivity index (χ0) is 9.94. The van der Waals surface area contributed by atoms with Crippen molar-refractivity contribution in [2.24, 2.45) is 0 Å². The molecule has 0 heterocycles. The second-order valence-corrected chi connectivity index (χ2v) is 3.84. The van der Waals surface area contributed by atoms with Gasteiger partial charge in [0.15, 0.2) is 0 Å². The molecule has 0 aromatic carbocycles. The van der Waals surface area contributed by atoms with Crippen molar-refractivity contribution in [2.45, 2.75) is 0 Å². The molecule has 0 atom stereocenters. The van der Waals surface area contributed by atoms with Gasteiger partial charge in [-0.15, -0.1) is 0 Å². The molecule has 0 spiro atoms. The Morgan fingerprint density at radius 3 is 0.923 bits per heavy atom. The average Bonchev–Trinajstić information content (AvgIpc) is 2.00. The summed E-state index contributed by atoms with van der Waals surface area (Å²) in [6.07, 6.45) is 10.0. The second kappa shape index (κ2) is 3.64. The Morgan fingerprint density at radius 1 is 0.615 bits per heavy atom. The number of allylic oxidation sites excluding steroid dienone is 4. The van der Waals surface area contributed by atoms with Crippen molar-refractivity contribution >= 4 is 7.81 Å². The molecule has 0 bridgehead atoms. The minimum absolute atomic E-state index is 0. The molecule has 1 aliphatic rings. The van der Waals surface area contributed by atoms with Crippen LogP contribution in [0.25, 0.3) is 0 Å². The Bertz CT molecular complexity index is 189. The van der Waals surface area contributed by atoms with Gasteiger partial charge in [0.25, 0.3) is 0 Å². The maximum Gasteiger partial charge on any atom is 0.00506 e. The van der Waals surface area contributed by atoms with Gasteiger partial charge in [0.05, 0.1) is 0 Å². The smallest absolute Gasteiger partial charge is 0.00506 e. The molecule has 0 nitrogen and oxygen atoms in total. The van der Waals surface area contributed by atoms with E-state index in [2.05, 4.69) is 0 Å². The third-order valence-electron chi connectivity index (χ3n) is 0.556. The van der Waals surface area contributed by atoms with E-state index >= 15 is 0 Å². The largest absolute Gasteiger partial charge is 0.0767 e. The molecule has 0 aromatic heterocycles. The Morgan fingerprint density at radius 2 is 0.846 bits per heavy atom. The van der Waals surface area contributed by atoms with Crippen molar-refractivity contribution in [3.8, 4) is 0 Å². The average molecular weight is 266 g/mol.